The van der Waals surface area contributed by atoms with E-state index in [0.29, 0.717) is 0 Å². The molecule has 0 aliphatic heterocycles. The number of nitrogens with zero attached hydrogens (tertiary/aromatic N) is 4. The van der Waals surface area contributed by atoms with Crippen LogP contribution in [0.15, 0.2) is 97.2 Å². The van der Waals surface area contributed by atoms with Crippen molar-refractivity contribution in [2.45, 2.75) is 19.1 Å². The zero-order valence-corrected chi connectivity index (χ0v) is 16.6. The lowest BCUT2D eigenvalue weighted by atomic mass is 9.98. The highest BCUT2D eigenvalue weighted by atomic mass is 16.3. The van der Waals surface area contributed by atoms with Gasteiger partial charge in [0.2, 0.25) is 0 Å². The van der Waals surface area contributed by atoms with Crippen molar-refractivity contribution in [3.05, 3.63) is 114 Å². The molecule has 0 amide bonds. The second kappa shape index (κ2) is 7.61. The van der Waals surface area contributed by atoms with Crippen LogP contribution in [0.1, 0.15) is 29.0 Å². The molecule has 0 fully saturated rings. The van der Waals surface area contributed by atoms with Crippen LogP contribution in [0.4, 0.5) is 0 Å². The number of aromatic nitrogens is 4. The first-order valence-electron chi connectivity index (χ1n) is 9.99. The monoisotopic (exact) mass is 394 g/mol. The number of hydrogen-bond acceptors (Lipinski definition) is 3. The number of fused-ring (bicyclic) bond motifs is 1. The van der Waals surface area contributed by atoms with E-state index in [2.05, 4.69) is 27.0 Å². The van der Waals surface area contributed by atoms with Crippen LogP contribution < -0.4 is 0 Å². The van der Waals surface area contributed by atoms with Crippen molar-refractivity contribution in [3.8, 4) is 5.69 Å². The lowest BCUT2D eigenvalue weighted by Gasteiger charge is -2.26. The highest BCUT2D eigenvalue weighted by Gasteiger charge is 2.30. The van der Waals surface area contributed by atoms with E-state index in [1.165, 1.54) is 0 Å². The molecule has 3 aromatic carbocycles. The zero-order chi connectivity index (χ0) is 20.5. The summed E-state index contributed by atoms with van der Waals surface area (Å²) in [6.45, 7) is 2.04. The Balaban J connectivity index is 1.70. The van der Waals surface area contributed by atoms with Crippen LogP contribution in [0, 0.1) is 6.92 Å². The summed E-state index contributed by atoms with van der Waals surface area (Å²) in [5.41, 5.74) is 5.64. The summed E-state index contributed by atoms with van der Waals surface area (Å²) in [4.78, 5) is 0. The average Bonchev–Trinajstić information content (AvgIpc) is 3.43. The Bertz CT molecular complexity index is 1270. The first-order valence-corrected chi connectivity index (χ1v) is 9.99. The molecule has 1 N–H and O–H groups in total. The maximum absolute atomic E-state index is 11.5. The van der Waals surface area contributed by atoms with Crippen LogP contribution in [0.25, 0.3) is 16.7 Å². The Hall–Kier alpha value is -3.70. The average molecular weight is 394 g/mol. The van der Waals surface area contributed by atoms with Crippen molar-refractivity contribution >= 4 is 11.0 Å². The molecule has 2 heterocycles. The Kier molecular flexibility index (Phi) is 4.65. The molecule has 0 aliphatic carbocycles. The fourth-order valence-electron chi connectivity index (χ4n) is 3.92. The highest BCUT2D eigenvalue weighted by molar-refractivity contribution is 5.74. The fourth-order valence-corrected chi connectivity index (χ4v) is 3.92. The van der Waals surface area contributed by atoms with Crippen molar-refractivity contribution < 1.29 is 5.11 Å². The molecule has 5 aromatic rings. The molecule has 0 saturated carbocycles. The summed E-state index contributed by atoms with van der Waals surface area (Å²) in [5, 5.41) is 20.3. The normalized spacial score (nSPS) is 13.4. The minimum absolute atomic E-state index is 0.449. The Morgan fingerprint density at radius 3 is 2.33 bits per heavy atom. The van der Waals surface area contributed by atoms with Gasteiger partial charge in [-0.1, -0.05) is 65.4 Å². The third-order valence-electron chi connectivity index (χ3n) is 5.48. The van der Waals surface area contributed by atoms with Gasteiger partial charge in [0, 0.05) is 11.9 Å². The molecule has 30 heavy (non-hydrogen) atoms. The molecule has 5 rings (SSSR count). The maximum atomic E-state index is 11.5. The number of aryl methyl sites for hydroxylation is 1. The van der Waals surface area contributed by atoms with Crippen LogP contribution in [0.5, 0.6) is 0 Å². The quantitative estimate of drug-likeness (QED) is 0.463. The van der Waals surface area contributed by atoms with Gasteiger partial charge in [-0.25, -0.2) is 4.68 Å². The van der Waals surface area contributed by atoms with Gasteiger partial charge in [-0.3, -0.25) is 0 Å². The van der Waals surface area contributed by atoms with Gasteiger partial charge in [-0.05, 0) is 48.9 Å². The van der Waals surface area contributed by atoms with E-state index in [1.807, 2.05) is 96.7 Å². The van der Waals surface area contributed by atoms with E-state index in [1.54, 1.807) is 0 Å². The first-order chi connectivity index (χ1) is 14.7. The van der Waals surface area contributed by atoms with Crippen LogP contribution >= 0.6 is 0 Å². The molecule has 148 valence electrons. The summed E-state index contributed by atoms with van der Waals surface area (Å²) in [7, 11) is 0. The number of aliphatic hydroxyl groups is 1. The summed E-state index contributed by atoms with van der Waals surface area (Å²) < 4.78 is 3.92. The second-order valence-electron chi connectivity index (χ2n) is 7.46. The second-order valence-corrected chi connectivity index (χ2v) is 7.46. The SMILES string of the molecule is Cc1ccc(C(O)C(c2cccn2-c2ccccc2)n2nnc3ccccc32)cc1. The van der Waals surface area contributed by atoms with E-state index in [0.717, 1.165) is 33.5 Å². The first kappa shape index (κ1) is 18.3. The van der Waals surface area contributed by atoms with E-state index in [-0.39, 0.29) is 0 Å². The Morgan fingerprint density at radius 2 is 1.53 bits per heavy atom. The topological polar surface area (TPSA) is 55.9 Å². The molecule has 2 aromatic heterocycles. The van der Waals surface area contributed by atoms with Crippen LogP contribution in [0.3, 0.4) is 0 Å². The van der Waals surface area contributed by atoms with E-state index in [4.69, 9.17) is 0 Å². The number of aliphatic hydroxyl groups excluding tert-OH is 1. The molecule has 0 spiro atoms. The van der Waals surface area contributed by atoms with Crippen molar-refractivity contribution in [2.75, 3.05) is 0 Å². The Labute approximate surface area is 174 Å². The zero-order valence-electron chi connectivity index (χ0n) is 16.6. The molecule has 0 aliphatic rings. The third-order valence-corrected chi connectivity index (χ3v) is 5.48. The molecule has 0 saturated heterocycles. The van der Waals surface area contributed by atoms with Gasteiger partial charge in [0.25, 0.3) is 0 Å². The van der Waals surface area contributed by atoms with Gasteiger partial charge >= 0.3 is 0 Å². The number of benzene rings is 3. The predicted molar refractivity (Wildman–Crippen MR) is 118 cm³/mol. The number of rotatable bonds is 5. The number of para-hydroxylation sites is 2. The molecular weight excluding hydrogens is 372 g/mol. The molecule has 0 radical (unpaired) electrons. The summed E-state index contributed by atoms with van der Waals surface area (Å²) in [6, 6.07) is 29.5. The summed E-state index contributed by atoms with van der Waals surface area (Å²) in [5.74, 6) is 0. The van der Waals surface area contributed by atoms with Gasteiger partial charge in [-0.2, -0.15) is 0 Å². The molecule has 5 heteroatoms. The standard InChI is InChI=1S/C25H22N4O/c1-18-13-15-19(16-14-18)25(30)24(29-22-11-6-5-10-21(22)26-27-29)23-12-7-17-28(23)20-8-3-2-4-9-20/h2-17,24-25,30H,1H3. The molecular formula is C25H22N4O. The minimum atomic E-state index is -0.798. The summed E-state index contributed by atoms with van der Waals surface area (Å²) in [6.07, 6.45) is 1.21. The maximum Gasteiger partial charge on any atom is 0.125 e. The predicted octanol–water partition coefficient (Wildman–Crippen LogP) is 4.85. The van der Waals surface area contributed by atoms with Gasteiger partial charge in [0.1, 0.15) is 17.7 Å². The lowest BCUT2D eigenvalue weighted by molar-refractivity contribution is 0.124. The minimum Gasteiger partial charge on any atom is -0.386 e. The molecule has 0 bridgehead atoms. The Morgan fingerprint density at radius 1 is 0.800 bits per heavy atom. The van der Waals surface area contributed by atoms with Crippen molar-refractivity contribution in [3.63, 3.8) is 0 Å². The van der Waals surface area contributed by atoms with E-state index >= 15 is 0 Å². The van der Waals surface area contributed by atoms with Crippen molar-refractivity contribution in [1.29, 1.82) is 0 Å². The number of hydrogen-bond donors (Lipinski definition) is 1. The van der Waals surface area contributed by atoms with Crippen molar-refractivity contribution in [1.82, 2.24) is 19.6 Å². The molecule has 2 atom stereocenters. The van der Waals surface area contributed by atoms with E-state index in [9.17, 15) is 5.11 Å². The lowest BCUT2D eigenvalue weighted by Crippen LogP contribution is -2.23. The van der Waals surface area contributed by atoms with Crippen LogP contribution in [0.2, 0.25) is 0 Å². The third kappa shape index (κ3) is 3.19. The molecule has 2 unspecified atom stereocenters. The molecule has 5 nitrogen and oxygen atoms in total. The van der Waals surface area contributed by atoms with Gasteiger partial charge < -0.3 is 9.67 Å². The largest absolute Gasteiger partial charge is 0.386 e. The highest BCUT2D eigenvalue weighted by Crippen LogP contribution is 2.35. The summed E-state index contributed by atoms with van der Waals surface area (Å²) >= 11 is 0. The smallest absolute Gasteiger partial charge is 0.125 e. The van der Waals surface area contributed by atoms with Crippen LogP contribution in [-0.2, 0) is 0 Å². The fraction of sp³-hybridized carbons (Fsp3) is 0.120. The van der Waals surface area contributed by atoms with E-state index < -0.39 is 12.1 Å². The van der Waals surface area contributed by atoms with Crippen molar-refractivity contribution in [2.24, 2.45) is 0 Å². The van der Waals surface area contributed by atoms with Gasteiger partial charge in [0.05, 0.1) is 11.2 Å². The van der Waals surface area contributed by atoms with Gasteiger partial charge in [-0.15, -0.1) is 5.10 Å². The van der Waals surface area contributed by atoms with Gasteiger partial charge in [0.15, 0.2) is 0 Å². The van der Waals surface area contributed by atoms with Crippen LogP contribution in [-0.4, -0.2) is 24.7 Å².